The smallest absolute Gasteiger partial charge is 0.269 e. The molecule has 100 valence electrons. The van der Waals surface area contributed by atoms with Crippen molar-refractivity contribution in [1.29, 1.82) is 0 Å². The first kappa shape index (κ1) is 12.3. The zero-order chi connectivity index (χ0) is 14.1. The second-order valence-corrected chi connectivity index (χ2v) is 4.76. The first-order chi connectivity index (χ1) is 9.65. The minimum atomic E-state index is -0.442. The molecule has 0 fully saturated rings. The summed E-state index contributed by atoms with van der Waals surface area (Å²) in [5.74, 6) is -0.475. The van der Waals surface area contributed by atoms with Gasteiger partial charge in [0.25, 0.3) is 5.69 Å². The van der Waals surface area contributed by atoms with Gasteiger partial charge in [0.05, 0.1) is 10.8 Å². The predicted molar refractivity (Wildman–Crippen MR) is 74.6 cm³/mol. The molecule has 0 aliphatic carbocycles. The van der Waals surface area contributed by atoms with E-state index in [-0.39, 0.29) is 17.5 Å². The average Bonchev–Trinajstić information content (AvgIpc) is 2.75. The normalized spacial score (nSPS) is 16.6. The van der Waals surface area contributed by atoms with Gasteiger partial charge in [-0.1, -0.05) is 30.3 Å². The number of nitrogens with zero attached hydrogens (tertiary/aromatic N) is 1. The van der Waals surface area contributed by atoms with E-state index in [0.29, 0.717) is 17.7 Å². The number of rotatable bonds is 3. The number of hydrogen-bond donors (Lipinski definition) is 1. The van der Waals surface area contributed by atoms with E-state index in [2.05, 4.69) is 5.32 Å². The van der Waals surface area contributed by atoms with E-state index in [1.807, 2.05) is 30.3 Å². The van der Waals surface area contributed by atoms with Crippen LogP contribution in [0.15, 0.2) is 48.5 Å². The van der Waals surface area contributed by atoms with Crippen molar-refractivity contribution >= 4 is 17.3 Å². The molecule has 1 N–H and O–H groups in total. The van der Waals surface area contributed by atoms with E-state index in [4.69, 9.17) is 0 Å². The highest BCUT2D eigenvalue weighted by Gasteiger charge is 2.31. The quantitative estimate of drug-likeness (QED) is 0.687. The molecule has 3 rings (SSSR count). The summed E-state index contributed by atoms with van der Waals surface area (Å²) in [6.45, 7) is 0. The lowest BCUT2D eigenvalue weighted by molar-refractivity contribution is -0.384. The molecule has 0 bridgehead atoms. The van der Waals surface area contributed by atoms with Crippen LogP contribution < -0.4 is 5.32 Å². The van der Waals surface area contributed by atoms with Crippen LogP contribution in [0.4, 0.5) is 11.4 Å². The molecule has 5 nitrogen and oxygen atoms in total. The Morgan fingerprint density at radius 3 is 2.60 bits per heavy atom. The van der Waals surface area contributed by atoms with Crippen LogP contribution in [-0.2, 0) is 11.2 Å². The van der Waals surface area contributed by atoms with Crippen LogP contribution in [-0.4, -0.2) is 10.8 Å². The Morgan fingerprint density at radius 2 is 1.90 bits per heavy atom. The Hall–Kier alpha value is -2.69. The molecule has 1 aliphatic rings. The lowest BCUT2D eigenvalue weighted by atomic mass is 9.93. The molecule has 0 spiro atoms. The van der Waals surface area contributed by atoms with Crippen molar-refractivity contribution in [2.75, 3.05) is 5.32 Å². The van der Waals surface area contributed by atoms with Crippen molar-refractivity contribution < 1.29 is 9.72 Å². The van der Waals surface area contributed by atoms with Gasteiger partial charge in [-0.15, -0.1) is 0 Å². The Labute approximate surface area is 115 Å². The van der Waals surface area contributed by atoms with Crippen molar-refractivity contribution in [3.05, 3.63) is 69.8 Å². The van der Waals surface area contributed by atoms with E-state index in [1.54, 1.807) is 6.07 Å². The summed E-state index contributed by atoms with van der Waals surface area (Å²) in [4.78, 5) is 22.4. The Morgan fingerprint density at radius 1 is 1.15 bits per heavy atom. The molecule has 1 atom stereocenters. The molecule has 20 heavy (non-hydrogen) atoms. The fraction of sp³-hybridized carbons (Fsp3) is 0.133. The van der Waals surface area contributed by atoms with Crippen molar-refractivity contribution in [2.45, 2.75) is 12.3 Å². The number of nitrogens with one attached hydrogen (secondary N) is 1. The molecule has 1 aliphatic heterocycles. The highest BCUT2D eigenvalue weighted by atomic mass is 16.6. The lowest BCUT2D eigenvalue weighted by Gasteiger charge is -2.08. The summed E-state index contributed by atoms with van der Waals surface area (Å²) in [6, 6.07) is 14.1. The fourth-order valence-electron chi connectivity index (χ4n) is 2.48. The summed E-state index contributed by atoms with van der Waals surface area (Å²) in [7, 11) is 0. The molecule has 2 aromatic carbocycles. The number of amides is 1. The highest BCUT2D eigenvalue weighted by Crippen LogP contribution is 2.36. The third kappa shape index (κ3) is 2.14. The largest absolute Gasteiger partial charge is 0.325 e. The summed E-state index contributed by atoms with van der Waals surface area (Å²) < 4.78 is 0. The number of carbonyl (C=O) groups excluding carboxylic acids is 1. The Bertz CT molecular complexity index is 683. The molecule has 1 heterocycles. The summed E-state index contributed by atoms with van der Waals surface area (Å²) >= 11 is 0. The highest BCUT2D eigenvalue weighted by molar-refractivity contribution is 6.03. The van der Waals surface area contributed by atoms with E-state index in [0.717, 1.165) is 5.56 Å². The van der Waals surface area contributed by atoms with Crippen LogP contribution >= 0.6 is 0 Å². The number of nitro groups is 1. The van der Waals surface area contributed by atoms with Crippen molar-refractivity contribution in [3.8, 4) is 0 Å². The van der Waals surface area contributed by atoms with E-state index in [9.17, 15) is 14.9 Å². The van der Waals surface area contributed by atoms with Crippen LogP contribution in [0.1, 0.15) is 17.0 Å². The number of nitro benzene ring substituents is 1. The van der Waals surface area contributed by atoms with E-state index in [1.165, 1.54) is 12.1 Å². The standard InChI is InChI=1S/C15H12N2O3/c18-15-13(8-10-4-2-1-3-5-10)12-9-11(17(19)20)6-7-14(12)16-15/h1-7,9,13H,8H2,(H,16,18). The average molecular weight is 268 g/mol. The van der Waals surface area contributed by atoms with Crippen LogP contribution in [0.2, 0.25) is 0 Å². The van der Waals surface area contributed by atoms with Crippen molar-refractivity contribution in [1.82, 2.24) is 0 Å². The second kappa shape index (κ2) is 4.77. The topological polar surface area (TPSA) is 72.2 Å². The number of fused-ring (bicyclic) bond motifs is 1. The number of carbonyl (C=O) groups is 1. The number of hydrogen-bond acceptors (Lipinski definition) is 3. The minimum absolute atomic E-state index is 0.0123. The van der Waals surface area contributed by atoms with Gasteiger partial charge in [0, 0.05) is 17.8 Å². The number of benzene rings is 2. The molecule has 2 aromatic rings. The van der Waals surface area contributed by atoms with Gasteiger partial charge in [-0.3, -0.25) is 14.9 Å². The third-order valence-electron chi connectivity index (χ3n) is 3.48. The minimum Gasteiger partial charge on any atom is -0.325 e. The monoisotopic (exact) mass is 268 g/mol. The number of anilines is 1. The molecule has 0 radical (unpaired) electrons. The lowest BCUT2D eigenvalue weighted by Crippen LogP contribution is -2.14. The van der Waals surface area contributed by atoms with Crippen LogP contribution in [0, 0.1) is 10.1 Å². The molecule has 0 saturated heterocycles. The van der Waals surface area contributed by atoms with Gasteiger partial charge in [0.1, 0.15) is 0 Å². The maximum Gasteiger partial charge on any atom is 0.269 e. The molecular formula is C15H12N2O3. The SMILES string of the molecule is O=C1Nc2ccc([N+](=O)[O-])cc2C1Cc1ccccc1. The third-order valence-corrected chi connectivity index (χ3v) is 3.48. The zero-order valence-corrected chi connectivity index (χ0v) is 10.6. The fourth-order valence-corrected chi connectivity index (χ4v) is 2.48. The van der Waals surface area contributed by atoms with Gasteiger partial charge >= 0.3 is 0 Å². The van der Waals surface area contributed by atoms with Crippen LogP contribution in [0.5, 0.6) is 0 Å². The summed E-state index contributed by atoms with van der Waals surface area (Å²) in [5, 5.41) is 13.6. The Kier molecular flexibility index (Phi) is 2.95. The van der Waals surface area contributed by atoms with Gasteiger partial charge in [0.2, 0.25) is 5.91 Å². The molecule has 0 aromatic heterocycles. The van der Waals surface area contributed by atoms with Crippen molar-refractivity contribution in [3.63, 3.8) is 0 Å². The second-order valence-electron chi connectivity index (χ2n) is 4.76. The van der Waals surface area contributed by atoms with Crippen LogP contribution in [0.25, 0.3) is 0 Å². The molecule has 0 saturated carbocycles. The van der Waals surface area contributed by atoms with E-state index < -0.39 is 4.92 Å². The van der Waals surface area contributed by atoms with Gasteiger partial charge in [-0.25, -0.2) is 0 Å². The molecule has 5 heteroatoms. The maximum absolute atomic E-state index is 12.0. The summed E-state index contributed by atoms with van der Waals surface area (Å²) in [5.41, 5.74) is 2.42. The first-order valence-corrected chi connectivity index (χ1v) is 6.28. The molecular weight excluding hydrogens is 256 g/mol. The first-order valence-electron chi connectivity index (χ1n) is 6.28. The van der Waals surface area contributed by atoms with Gasteiger partial charge < -0.3 is 5.32 Å². The van der Waals surface area contributed by atoms with Crippen LogP contribution in [0.3, 0.4) is 0 Å². The molecule has 1 unspecified atom stereocenters. The predicted octanol–water partition coefficient (Wildman–Crippen LogP) is 2.87. The van der Waals surface area contributed by atoms with Crippen molar-refractivity contribution in [2.24, 2.45) is 0 Å². The van der Waals surface area contributed by atoms with E-state index >= 15 is 0 Å². The van der Waals surface area contributed by atoms with Gasteiger partial charge in [-0.05, 0) is 23.6 Å². The zero-order valence-electron chi connectivity index (χ0n) is 10.6. The summed E-state index contributed by atoms with van der Waals surface area (Å²) in [6.07, 6.45) is 0.543. The Balaban J connectivity index is 1.96. The maximum atomic E-state index is 12.0. The molecule has 1 amide bonds. The van der Waals surface area contributed by atoms with Gasteiger partial charge in [-0.2, -0.15) is 0 Å². The number of non-ortho nitro benzene ring substituents is 1. The van der Waals surface area contributed by atoms with Gasteiger partial charge in [0.15, 0.2) is 0 Å².